The number of fused-ring (bicyclic) bond motifs is 2. The maximum absolute atomic E-state index is 12.5. The average molecular weight is 330 g/mol. The second-order valence-electron chi connectivity index (χ2n) is 7.74. The molecule has 4 aliphatic rings. The summed E-state index contributed by atoms with van der Waals surface area (Å²) in [7, 11) is 0. The monoisotopic (exact) mass is 329 g/mol. The van der Waals surface area contributed by atoms with Gasteiger partial charge in [-0.15, -0.1) is 23.2 Å². The van der Waals surface area contributed by atoms with Crippen LogP contribution < -0.4 is 5.32 Å². The number of carbonyl (C=O) groups is 1. The molecule has 1 N–H and O–H groups in total. The third-order valence-electron chi connectivity index (χ3n) is 6.57. The second-order valence-corrected chi connectivity index (χ2v) is 9.18. The molecule has 0 spiro atoms. The third kappa shape index (κ3) is 2.61. The van der Waals surface area contributed by atoms with Crippen molar-refractivity contribution in [2.75, 3.05) is 0 Å². The fourth-order valence-corrected chi connectivity index (χ4v) is 6.08. The van der Waals surface area contributed by atoms with Gasteiger partial charge in [0.05, 0.1) is 0 Å². The molecule has 0 aromatic heterocycles. The molecule has 1 unspecified atom stereocenters. The van der Waals surface area contributed by atoms with Crippen LogP contribution in [0.5, 0.6) is 0 Å². The Morgan fingerprint density at radius 3 is 2.00 bits per heavy atom. The summed E-state index contributed by atoms with van der Waals surface area (Å²) >= 11 is 12.7. The molecule has 0 saturated heterocycles. The van der Waals surface area contributed by atoms with Gasteiger partial charge in [0, 0.05) is 12.0 Å². The maximum atomic E-state index is 12.5. The minimum Gasteiger partial charge on any atom is -0.353 e. The molecule has 5 atom stereocenters. The van der Waals surface area contributed by atoms with Gasteiger partial charge in [-0.3, -0.25) is 4.79 Å². The van der Waals surface area contributed by atoms with E-state index in [2.05, 4.69) is 5.32 Å². The average Bonchev–Trinajstić information content (AvgIpc) is 3.24. The first-order valence-electron chi connectivity index (χ1n) is 8.77. The van der Waals surface area contributed by atoms with E-state index in [1.165, 1.54) is 32.1 Å². The summed E-state index contributed by atoms with van der Waals surface area (Å²) in [6.45, 7) is 0. The quantitative estimate of drug-likeness (QED) is 0.752. The van der Waals surface area contributed by atoms with Crippen molar-refractivity contribution in [3.05, 3.63) is 0 Å². The second kappa shape index (κ2) is 5.30. The molecule has 0 aromatic rings. The molecular weight excluding hydrogens is 305 g/mol. The van der Waals surface area contributed by atoms with E-state index in [0.29, 0.717) is 41.5 Å². The number of amides is 1. The van der Waals surface area contributed by atoms with Crippen LogP contribution in [-0.4, -0.2) is 16.3 Å². The molecule has 4 saturated carbocycles. The first-order chi connectivity index (χ1) is 10.1. The van der Waals surface area contributed by atoms with Crippen molar-refractivity contribution in [2.45, 2.75) is 68.2 Å². The van der Waals surface area contributed by atoms with Crippen molar-refractivity contribution in [2.24, 2.45) is 29.6 Å². The van der Waals surface area contributed by atoms with E-state index < -0.39 is 4.33 Å². The lowest BCUT2D eigenvalue weighted by molar-refractivity contribution is -0.123. The third-order valence-corrected chi connectivity index (χ3v) is 7.69. The molecule has 2 nitrogen and oxygen atoms in total. The van der Waals surface area contributed by atoms with Crippen molar-refractivity contribution in [3.8, 4) is 0 Å². The van der Waals surface area contributed by atoms with Gasteiger partial charge in [0.15, 0.2) is 0 Å². The summed E-state index contributed by atoms with van der Waals surface area (Å²) in [6.07, 6.45) is 10.8. The summed E-state index contributed by atoms with van der Waals surface area (Å²) in [4.78, 5) is 12.5. The Hall–Kier alpha value is 0.0500. The Kier molecular flexibility index (Phi) is 3.69. The van der Waals surface area contributed by atoms with E-state index in [9.17, 15) is 4.79 Å². The molecule has 0 radical (unpaired) electrons. The van der Waals surface area contributed by atoms with E-state index in [1.807, 2.05) is 0 Å². The Morgan fingerprint density at radius 2 is 1.43 bits per heavy atom. The van der Waals surface area contributed by atoms with Crippen LogP contribution in [0.1, 0.15) is 57.8 Å². The zero-order valence-corrected chi connectivity index (χ0v) is 14.0. The maximum Gasteiger partial charge on any atom is 0.223 e. The number of halogens is 2. The van der Waals surface area contributed by atoms with E-state index in [-0.39, 0.29) is 0 Å². The van der Waals surface area contributed by atoms with Gasteiger partial charge in [0.25, 0.3) is 0 Å². The Bertz CT molecular complexity index is 411. The highest BCUT2D eigenvalue weighted by Crippen LogP contribution is 2.67. The van der Waals surface area contributed by atoms with E-state index in [1.54, 1.807) is 0 Å². The summed E-state index contributed by atoms with van der Waals surface area (Å²) in [5.74, 6) is 2.84. The van der Waals surface area contributed by atoms with Crippen LogP contribution in [0.3, 0.4) is 0 Å². The minimum absolute atomic E-state index is 0.296. The topological polar surface area (TPSA) is 29.1 Å². The van der Waals surface area contributed by atoms with Crippen LogP contribution >= 0.6 is 23.2 Å². The molecule has 0 aliphatic heterocycles. The smallest absolute Gasteiger partial charge is 0.223 e. The molecule has 4 rings (SSSR count). The number of nitrogens with one attached hydrogen (secondary N) is 1. The Balaban J connectivity index is 1.31. The highest BCUT2D eigenvalue weighted by atomic mass is 35.5. The first kappa shape index (κ1) is 14.6. The lowest BCUT2D eigenvalue weighted by Crippen LogP contribution is -2.37. The molecule has 4 aliphatic carbocycles. The number of hydrogen-bond donors (Lipinski definition) is 1. The van der Waals surface area contributed by atoms with Crippen molar-refractivity contribution in [1.82, 2.24) is 5.32 Å². The SMILES string of the molecule is O=C(NC1CCCCC1)C1[C@H]2CC[C@@H]3[C@H](CC[C@@H]12)C3(Cl)Cl. The molecule has 0 aromatic carbocycles. The lowest BCUT2D eigenvalue weighted by atomic mass is 9.95. The van der Waals surface area contributed by atoms with Crippen molar-refractivity contribution in [1.29, 1.82) is 0 Å². The lowest BCUT2D eigenvalue weighted by Gasteiger charge is -2.22. The molecule has 1 amide bonds. The fourth-order valence-electron chi connectivity index (χ4n) is 5.16. The van der Waals surface area contributed by atoms with Crippen molar-refractivity contribution in [3.63, 3.8) is 0 Å². The highest BCUT2D eigenvalue weighted by Gasteiger charge is 2.65. The minimum atomic E-state index is -0.448. The predicted molar refractivity (Wildman–Crippen MR) is 85.4 cm³/mol. The molecular formula is C17H25Cl2NO. The van der Waals surface area contributed by atoms with E-state index >= 15 is 0 Å². The normalized spacial score (nSPS) is 44.8. The predicted octanol–water partition coefficient (Wildman–Crippen LogP) is 4.29. The van der Waals surface area contributed by atoms with Crippen LogP contribution in [-0.2, 0) is 4.79 Å². The number of alkyl halides is 2. The molecule has 4 heteroatoms. The molecule has 0 bridgehead atoms. The zero-order valence-electron chi connectivity index (χ0n) is 12.5. The van der Waals surface area contributed by atoms with Crippen molar-refractivity contribution < 1.29 is 4.79 Å². The number of hydrogen-bond acceptors (Lipinski definition) is 1. The van der Waals surface area contributed by atoms with E-state index in [0.717, 1.165) is 25.7 Å². The number of rotatable bonds is 2. The van der Waals surface area contributed by atoms with Crippen molar-refractivity contribution >= 4 is 29.1 Å². The Labute approximate surface area is 137 Å². The summed E-state index contributed by atoms with van der Waals surface area (Å²) < 4.78 is -0.448. The summed E-state index contributed by atoms with van der Waals surface area (Å²) in [5.41, 5.74) is 0. The van der Waals surface area contributed by atoms with E-state index in [4.69, 9.17) is 23.2 Å². The van der Waals surface area contributed by atoms with Gasteiger partial charge in [0.2, 0.25) is 5.91 Å². The zero-order chi connectivity index (χ0) is 14.6. The summed E-state index contributed by atoms with van der Waals surface area (Å²) in [5, 5.41) is 3.33. The molecule has 0 heterocycles. The van der Waals surface area contributed by atoms with Gasteiger partial charge in [-0.1, -0.05) is 19.3 Å². The molecule has 21 heavy (non-hydrogen) atoms. The number of carbonyl (C=O) groups excluding carboxylic acids is 1. The standard InChI is InChI=1S/C17H25Cl2NO/c18-17(19)13-8-6-11-12(7-9-14(13)17)15(11)16(21)20-10-4-2-1-3-5-10/h10-15H,1-9H2,(H,20,21)/t11-,12+,13+,14-,15?. The van der Waals surface area contributed by atoms with Crippen LogP contribution in [0.4, 0.5) is 0 Å². The molecule has 118 valence electrons. The molecule has 4 fully saturated rings. The fraction of sp³-hybridized carbons (Fsp3) is 0.941. The van der Waals surface area contributed by atoms with Crippen LogP contribution in [0.15, 0.2) is 0 Å². The van der Waals surface area contributed by atoms with Crippen LogP contribution in [0.25, 0.3) is 0 Å². The van der Waals surface area contributed by atoms with Gasteiger partial charge in [0.1, 0.15) is 4.33 Å². The van der Waals surface area contributed by atoms with Gasteiger partial charge in [-0.05, 0) is 62.2 Å². The largest absolute Gasteiger partial charge is 0.353 e. The van der Waals surface area contributed by atoms with Crippen LogP contribution in [0.2, 0.25) is 0 Å². The van der Waals surface area contributed by atoms with Gasteiger partial charge in [-0.25, -0.2) is 0 Å². The van der Waals surface area contributed by atoms with Gasteiger partial charge < -0.3 is 5.32 Å². The summed E-state index contributed by atoms with van der Waals surface area (Å²) in [6, 6.07) is 0.449. The van der Waals surface area contributed by atoms with Crippen LogP contribution in [0, 0.1) is 29.6 Å². The Morgan fingerprint density at radius 1 is 0.857 bits per heavy atom. The highest BCUT2D eigenvalue weighted by molar-refractivity contribution is 6.51. The first-order valence-corrected chi connectivity index (χ1v) is 9.53. The van der Waals surface area contributed by atoms with Gasteiger partial charge >= 0.3 is 0 Å². The van der Waals surface area contributed by atoms with Gasteiger partial charge in [-0.2, -0.15) is 0 Å².